The van der Waals surface area contributed by atoms with E-state index in [2.05, 4.69) is 5.32 Å². The standard InChI is InChI=1S/C20H24N2O6S2/c1-4-28-20(24)18-13-8-7-11-16(13)29-19(18)21-17(23)12-22(30(3,25)26)14-9-5-6-10-15(14)27-2/h5-6,9-10H,4,7-8,11-12H2,1-3H3,(H,21,23). The normalized spacial score (nSPS) is 12.9. The number of hydrogen-bond acceptors (Lipinski definition) is 7. The molecule has 0 fully saturated rings. The lowest BCUT2D eigenvalue weighted by Crippen LogP contribution is -2.37. The van der Waals surface area contributed by atoms with Crippen molar-refractivity contribution >= 4 is 43.9 Å². The van der Waals surface area contributed by atoms with E-state index in [0.29, 0.717) is 16.3 Å². The first-order chi connectivity index (χ1) is 14.3. The molecule has 0 atom stereocenters. The van der Waals surface area contributed by atoms with Crippen molar-refractivity contribution in [2.75, 3.05) is 36.1 Å². The highest BCUT2D eigenvalue weighted by Crippen LogP contribution is 2.39. The average molecular weight is 453 g/mol. The Bertz CT molecular complexity index is 1060. The van der Waals surface area contributed by atoms with Crippen LogP contribution in [0.25, 0.3) is 0 Å². The van der Waals surface area contributed by atoms with E-state index in [-0.39, 0.29) is 12.3 Å². The van der Waals surface area contributed by atoms with Gasteiger partial charge in [0, 0.05) is 4.88 Å². The SMILES string of the molecule is CCOC(=O)c1c(NC(=O)CN(c2ccccc2OC)S(C)(=O)=O)sc2c1CCC2. The zero-order chi connectivity index (χ0) is 21.9. The smallest absolute Gasteiger partial charge is 0.341 e. The fraction of sp³-hybridized carbons (Fsp3) is 0.400. The molecule has 0 saturated heterocycles. The van der Waals surface area contributed by atoms with Crippen molar-refractivity contribution < 1.29 is 27.5 Å². The number of rotatable bonds is 8. The van der Waals surface area contributed by atoms with Gasteiger partial charge in [-0.1, -0.05) is 12.1 Å². The molecule has 0 bridgehead atoms. The lowest BCUT2D eigenvalue weighted by molar-refractivity contribution is -0.114. The highest BCUT2D eigenvalue weighted by Gasteiger charge is 2.30. The quantitative estimate of drug-likeness (QED) is 0.618. The van der Waals surface area contributed by atoms with E-state index >= 15 is 0 Å². The maximum atomic E-state index is 12.8. The Balaban J connectivity index is 1.88. The predicted molar refractivity (Wildman–Crippen MR) is 116 cm³/mol. The van der Waals surface area contributed by atoms with Crippen LogP contribution >= 0.6 is 11.3 Å². The van der Waals surface area contributed by atoms with E-state index in [9.17, 15) is 18.0 Å². The van der Waals surface area contributed by atoms with Gasteiger partial charge in [0.25, 0.3) is 0 Å². The summed E-state index contributed by atoms with van der Waals surface area (Å²) < 4.78 is 36.1. The molecular formula is C20H24N2O6S2. The third-order valence-corrected chi connectivity index (χ3v) is 7.03. The van der Waals surface area contributed by atoms with E-state index in [1.165, 1.54) is 18.4 Å². The second-order valence-electron chi connectivity index (χ2n) is 6.77. The number of benzene rings is 1. The molecule has 0 radical (unpaired) electrons. The van der Waals surface area contributed by atoms with Crippen molar-refractivity contribution in [3.8, 4) is 5.75 Å². The van der Waals surface area contributed by atoms with Crippen molar-refractivity contribution in [3.05, 3.63) is 40.3 Å². The number of amides is 1. The van der Waals surface area contributed by atoms with Crippen LogP contribution in [0, 0.1) is 0 Å². The molecule has 1 aromatic heterocycles. The molecule has 1 aromatic carbocycles. The summed E-state index contributed by atoms with van der Waals surface area (Å²) in [6.07, 6.45) is 3.58. The summed E-state index contributed by atoms with van der Waals surface area (Å²) >= 11 is 1.34. The first-order valence-electron chi connectivity index (χ1n) is 9.48. The molecule has 8 nitrogen and oxygen atoms in total. The number of ether oxygens (including phenoxy) is 2. The van der Waals surface area contributed by atoms with Crippen molar-refractivity contribution in [2.24, 2.45) is 0 Å². The number of hydrogen-bond donors (Lipinski definition) is 1. The Labute approximate surface area is 179 Å². The van der Waals surface area contributed by atoms with Gasteiger partial charge in [-0.2, -0.15) is 0 Å². The number of anilines is 2. The monoisotopic (exact) mass is 452 g/mol. The Morgan fingerprint density at radius 2 is 1.97 bits per heavy atom. The Hall–Kier alpha value is -2.59. The van der Waals surface area contributed by atoms with Gasteiger partial charge < -0.3 is 14.8 Å². The van der Waals surface area contributed by atoms with Crippen LogP contribution in [0.3, 0.4) is 0 Å². The molecule has 162 valence electrons. The van der Waals surface area contributed by atoms with Crippen molar-refractivity contribution in [3.63, 3.8) is 0 Å². The number of nitrogens with zero attached hydrogens (tertiary/aromatic N) is 1. The lowest BCUT2D eigenvalue weighted by Gasteiger charge is -2.23. The van der Waals surface area contributed by atoms with Gasteiger partial charge in [0.05, 0.1) is 31.2 Å². The van der Waals surface area contributed by atoms with Gasteiger partial charge in [-0.25, -0.2) is 13.2 Å². The maximum absolute atomic E-state index is 12.8. The van der Waals surface area contributed by atoms with Gasteiger partial charge in [0.2, 0.25) is 15.9 Å². The molecule has 30 heavy (non-hydrogen) atoms. The lowest BCUT2D eigenvalue weighted by atomic mass is 10.1. The number of fused-ring (bicyclic) bond motifs is 1. The van der Waals surface area contributed by atoms with Crippen molar-refractivity contribution in [1.29, 1.82) is 0 Å². The van der Waals surface area contributed by atoms with Gasteiger partial charge in [-0.15, -0.1) is 11.3 Å². The summed E-state index contributed by atoms with van der Waals surface area (Å²) in [6, 6.07) is 6.56. The second kappa shape index (κ2) is 9.05. The minimum Gasteiger partial charge on any atom is -0.495 e. The van der Waals surface area contributed by atoms with Crippen molar-refractivity contribution in [2.45, 2.75) is 26.2 Å². The third-order valence-electron chi connectivity index (χ3n) is 4.70. The Morgan fingerprint density at radius 3 is 2.63 bits per heavy atom. The molecule has 3 rings (SSSR count). The molecular weight excluding hydrogens is 428 g/mol. The van der Waals surface area contributed by atoms with Gasteiger partial charge in [-0.05, 0) is 43.9 Å². The zero-order valence-electron chi connectivity index (χ0n) is 17.1. The van der Waals surface area contributed by atoms with Crippen LogP contribution in [0.1, 0.15) is 34.1 Å². The molecule has 1 aliphatic carbocycles. The Morgan fingerprint density at radius 1 is 1.23 bits per heavy atom. The largest absolute Gasteiger partial charge is 0.495 e. The number of nitrogens with one attached hydrogen (secondary N) is 1. The summed E-state index contributed by atoms with van der Waals surface area (Å²) in [5, 5.41) is 3.12. The number of aryl methyl sites for hydroxylation is 1. The number of esters is 1. The molecule has 1 aliphatic rings. The minimum atomic E-state index is -3.77. The van der Waals surface area contributed by atoms with Crippen LogP contribution < -0.4 is 14.4 Å². The topological polar surface area (TPSA) is 102 Å². The number of carbonyl (C=O) groups is 2. The summed E-state index contributed by atoms with van der Waals surface area (Å²) in [5.74, 6) is -0.702. The molecule has 1 heterocycles. The fourth-order valence-corrected chi connectivity index (χ4v) is 5.58. The van der Waals surface area contributed by atoms with E-state index < -0.39 is 28.4 Å². The molecule has 0 aliphatic heterocycles. The summed E-state index contributed by atoms with van der Waals surface area (Å²) in [7, 11) is -2.34. The molecule has 1 amide bonds. The minimum absolute atomic E-state index is 0.229. The van der Waals surface area contributed by atoms with Gasteiger partial charge in [0.1, 0.15) is 17.3 Å². The second-order valence-corrected chi connectivity index (χ2v) is 9.78. The average Bonchev–Trinajstić information content (AvgIpc) is 3.26. The van der Waals surface area contributed by atoms with Crippen molar-refractivity contribution in [1.82, 2.24) is 0 Å². The zero-order valence-corrected chi connectivity index (χ0v) is 18.7. The molecule has 0 saturated carbocycles. The molecule has 10 heteroatoms. The summed E-state index contributed by atoms with van der Waals surface area (Å²) in [6.45, 7) is 1.50. The Kier molecular flexibility index (Phi) is 6.67. The number of carbonyl (C=O) groups excluding carboxylic acids is 2. The summed E-state index contributed by atoms with van der Waals surface area (Å²) in [5.41, 5.74) is 1.56. The van der Waals surface area contributed by atoms with E-state index in [0.717, 1.165) is 40.3 Å². The van der Waals surface area contributed by atoms with E-state index in [4.69, 9.17) is 9.47 Å². The highest BCUT2D eigenvalue weighted by atomic mass is 32.2. The van der Waals surface area contributed by atoms with Crippen LogP contribution in [0.15, 0.2) is 24.3 Å². The third kappa shape index (κ3) is 4.59. The number of thiophene rings is 1. The van der Waals surface area contributed by atoms with Crippen LogP contribution in [0.4, 0.5) is 10.7 Å². The highest BCUT2D eigenvalue weighted by molar-refractivity contribution is 7.92. The number of sulfonamides is 1. The van der Waals surface area contributed by atoms with Crippen LogP contribution in [-0.2, 0) is 32.4 Å². The number of para-hydroxylation sites is 2. The number of methoxy groups -OCH3 is 1. The molecule has 2 aromatic rings. The summed E-state index contributed by atoms with van der Waals surface area (Å²) in [4.78, 5) is 26.3. The van der Waals surface area contributed by atoms with Gasteiger partial charge in [0.15, 0.2) is 0 Å². The van der Waals surface area contributed by atoms with Crippen LogP contribution in [0.2, 0.25) is 0 Å². The van der Waals surface area contributed by atoms with Gasteiger partial charge in [-0.3, -0.25) is 9.10 Å². The van der Waals surface area contributed by atoms with Crippen LogP contribution in [0.5, 0.6) is 5.75 Å². The predicted octanol–water partition coefficient (Wildman–Crippen LogP) is 2.83. The first-order valence-corrected chi connectivity index (χ1v) is 12.1. The fourth-order valence-electron chi connectivity index (χ4n) is 3.43. The maximum Gasteiger partial charge on any atom is 0.341 e. The van der Waals surface area contributed by atoms with Gasteiger partial charge >= 0.3 is 5.97 Å². The molecule has 0 spiro atoms. The molecule has 0 unspecified atom stereocenters. The first kappa shape index (κ1) is 22.1. The van der Waals surface area contributed by atoms with E-state index in [1.807, 2.05) is 0 Å². The van der Waals surface area contributed by atoms with Crippen LogP contribution in [-0.4, -0.2) is 46.8 Å². The van der Waals surface area contributed by atoms with E-state index in [1.54, 1.807) is 31.2 Å². The molecule has 1 N–H and O–H groups in total.